The van der Waals surface area contributed by atoms with Crippen LogP contribution in [0.15, 0.2) is 231 Å². The minimum Gasteiger partial charge on any atom is -0.295 e. The number of fused-ring (bicyclic) bond motifs is 7. The zero-order chi connectivity index (χ0) is 39.1. The second kappa shape index (κ2) is 14.6. The molecule has 0 aliphatic carbocycles. The van der Waals surface area contributed by atoms with Crippen molar-refractivity contribution in [1.82, 2.24) is 4.98 Å². The monoisotopic (exact) mass is 750 g/mol. The standard InChI is InChI=1S/C57H38N2/c1-5-17-39(18-6-1)40-29-32-45(33-30-40)59(54-36-31-43-23-13-16-28-53(43)58-54)46-34-35-49-52(37-46)47-26-14-15-27-48(47)56-51(42-21-9-3-10-22-42)38-50(41-19-7-2-8-20-41)55(57(49)56)44-24-11-4-12-25-44/h1-38H. The second-order valence-electron chi connectivity index (χ2n) is 15.1. The molecule has 11 rings (SSSR count). The fraction of sp³-hybridized carbons (Fsp3) is 0. The minimum absolute atomic E-state index is 0.864. The number of anilines is 3. The van der Waals surface area contributed by atoms with Crippen LogP contribution < -0.4 is 4.90 Å². The van der Waals surface area contributed by atoms with E-state index in [-0.39, 0.29) is 0 Å². The lowest BCUT2D eigenvalue weighted by Gasteiger charge is -2.26. The van der Waals surface area contributed by atoms with Crippen LogP contribution in [-0.2, 0) is 0 Å². The van der Waals surface area contributed by atoms with Crippen LogP contribution in [-0.4, -0.2) is 4.98 Å². The first-order valence-corrected chi connectivity index (χ1v) is 20.2. The molecule has 276 valence electrons. The minimum atomic E-state index is 0.864. The van der Waals surface area contributed by atoms with Crippen LogP contribution >= 0.6 is 0 Å². The normalized spacial score (nSPS) is 11.4. The first-order valence-electron chi connectivity index (χ1n) is 20.2. The fourth-order valence-electron chi connectivity index (χ4n) is 8.90. The van der Waals surface area contributed by atoms with Gasteiger partial charge in [-0.1, -0.05) is 182 Å². The van der Waals surface area contributed by atoms with Gasteiger partial charge >= 0.3 is 0 Å². The summed E-state index contributed by atoms with van der Waals surface area (Å²) < 4.78 is 0. The first kappa shape index (κ1) is 34.4. The molecule has 0 unspecified atom stereocenters. The Morgan fingerprint density at radius 1 is 0.305 bits per heavy atom. The average Bonchev–Trinajstić information content (AvgIpc) is 3.32. The highest BCUT2D eigenvalue weighted by Crippen LogP contribution is 2.50. The van der Waals surface area contributed by atoms with Gasteiger partial charge in [-0.15, -0.1) is 0 Å². The third kappa shape index (κ3) is 6.10. The molecule has 0 aliphatic rings. The van der Waals surface area contributed by atoms with E-state index < -0.39 is 0 Å². The van der Waals surface area contributed by atoms with Crippen molar-refractivity contribution < 1.29 is 0 Å². The lowest BCUT2D eigenvalue weighted by molar-refractivity contribution is 1.21. The smallest absolute Gasteiger partial charge is 0.138 e. The molecule has 0 fully saturated rings. The highest BCUT2D eigenvalue weighted by Gasteiger charge is 2.23. The number of hydrogen-bond donors (Lipinski definition) is 0. The van der Waals surface area contributed by atoms with Crippen molar-refractivity contribution in [3.63, 3.8) is 0 Å². The molecule has 59 heavy (non-hydrogen) atoms. The van der Waals surface area contributed by atoms with Gasteiger partial charge in [0.2, 0.25) is 0 Å². The van der Waals surface area contributed by atoms with Crippen LogP contribution in [0.2, 0.25) is 0 Å². The number of nitrogens with zero attached hydrogens (tertiary/aromatic N) is 2. The van der Waals surface area contributed by atoms with Crippen LogP contribution in [0.1, 0.15) is 0 Å². The van der Waals surface area contributed by atoms with Crippen molar-refractivity contribution in [1.29, 1.82) is 0 Å². The van der Waals surface area contributed by atoms with Crippen molar-refractivity contribution in [2.45, 2.75) is 0 Å². The molecule has 0 aliphatic heterocycles. The van der Waals surface area contributed by atoms with Crippen molar-refractivity contribution in [2.24, 2.45) is 0 Å². The lowest BCUT2D eigenvalue weighted by atomic mass is 9.81. The van der Waals surface area contributed by atoms with E-state index in [1.807, 2.05) is 0 Å². The Labute approximate surface area is 343 Å². The summed E-state index contributed by atoms with van der Waals surface area (Å²) in [5.74, 6) is 0.864. The summed E-state index contributed by atoms with van der Waals surface area (Å²) >= 11 is 0. The van der Waals surface area contributed by atoms with E-state index in [0.717, 1.165) is 28.1 Å². The Morgan fingerprint density at radius 2 is 0.831 bits per heavy atom. The third-order valence-corrected chi connectivity index (χ3v) is 11.6. The predicted molar refractivity (Wildman–Crippen MR) is 251 cm³/mol. The van der Waals surface area contributed by atoms with Crippen molar-refractivity contribution in [3.05, 3.63) is 231 Å². The molecule has 1 heterocycles. The lowest BCUT2D eigenvalue weighted by Crippen LogP contribution is -2.11. The van der Waals surface area contributed by atoms with Gasteiger partial charge < -0.3 is 0 Å². The van der Waals surface area contributed by atoms with Crippen LogP contribution in [0.4, 0.5) is 17.2 Å². The molecule has 0 spiro atoms. The number of para-hydroxylation sites is 1. The molecule has 0 bridgehead atoms. The molecule has 1 aromatic heterocycles. The van der Waals surface area contributed by atoms with E-state index in [0.29, 0.717) is 0 Å². The maximum Gasteiger partial charge on any atom is 0.138 e. The Bertz CT molecular complexity index is 3290. The van der Waals surface area contributed by atoms with Gasteiger partial charge in [0.05, 0.1) is 5.52 Å². The molecule has 2 nitrogen and oxygen atoms in total. The largest absolute Gasteiger partial charge is 0.295 e. The number of pyridine rings is 1. The van der Waals surface area contributed by atoms with E-state index in [2.05, 4.69) is 235 Å². The maximum absolute atomic E-state index is 5.27. The van der Waals surface area contributed by atoms with E-state index in [9.17, 15) is 0 Å². The first-order chi connectivity index (χ1) is 29.3. The van der Waals surface area contributed by atoms with Gasteiger partial charge in [-0.25, -0.2) is 4.98 Å². The highest BCUT2D eigenvalue weighted by molar-refractivity contribution is 6.33. The van der Waals surface area contributed by atoms with Crippen LogP contribution in [0.5, 0.6) is 0 Å². The van der Waals surface area contributed by atoms with Crippen LogP contribution in [0, 0.1) is 0 Å². The molecule has 0 atom stereocenters. The van der Waals surface area contributed by atoms with Gasteiger partial charge in [-0.2, -0.15) is 0 Å². The molecule has 0 radical (unpaired) electrons. The molecule has 0 amide bonds. The molecular formula is C57H38N2. The molecule has 11 aromatic rings. The van der Waals surface area contributed by atoms with Crippen LogP contribution in [0.25, 0.3) is 87.7 Å². The van der Waals surface area contributed by atoms with Gasteiger partial charge in [0.25, 0.3) is 0 Å². The zero-order valence-corrected chi connectivity index (χ0v) is 32.3. The molecular weight excluding hydrogens is 713 g/mol. The van der Waals surface area contributed by atoms with Gasteiger partial charge in [0.15, 0.2) is 0 Å². The van der Waals surface area contributed by atoms with Gasteiger partial charge in [0.1, 0.15) is 5.82 Å². The molecule has 0 saturated heterocycles. The topological polar surface area (TPSA) is 16.1 Å². The SMILES string of the molecule is c1ccc(-c2ccc(N(c3ccc4c(c3)c3ccccc3c3c(-c5ccccc5)cc(-c5ccccc5)c(-c5ccccc5)c43)c3ccc4ccccc4n3)cc2)cc1. The van der Waals surface area contributed by atoms with Crippen molar-refractivity contribution in [2.75, 3.05) is 4.90 Å². The summed E-state index contributed by atoms with van der Waals surface area (Å²) in [5.41, 5.74) is 12.7. The van der Waals surface area contributed by atoms with Crippen molar-refractivity contribution in [3.8, 4) is 44.5 Å². The molecule has 0 N–H and O–H groups in total. The van der Waals surface area contributed by atoms with Crippen molar-refractivity contribution >= 4 is 60.4 Å². The van der Waals surface area contributed by atoms with E-state index in [1.54, 1.807) is 0 Å². The zero-order valence-electron chi connectivity index (χ0n) is 32.3. The Balaban J connectivity index is 1.24. The third-order valence-electron chi connectivity index (χ3n) is 11.6. The average molecular weight is 751 g/mol. The summed E-state index contributed by atoms with van der Waals surface area (Å²) in [6.07, 6.45) is 0. The molecule has 10 aromatic carbocycles. The van der Waals surface area contributed by atoms with Gasteiger partial charge in [0, 0.05) is 16.8 Å². The quantitative estimate of drug-likeness (QED) is 0.151. The number of rotatable bonds is 7. The van der Waals surface area contributed by atoms with E-state index >= 15 is 0 Å². The highest BCUT2D eigenvalue weighted by atomic mass is 15.2. The predicted octanol–water partition coefficient (Wildman–Crippen LogP) is 15.8. The Hall–Kier alpha value is -7.81. The summed E-state index contributed by atoms with van der Waals surface area (Å²) in [5, 5.41) is 8.47. The summed E-state index contributed by atoms with van der Waals surface area (Å²) in [6, 6.07) is 83.1. The number of benzene rings is 10. The van der Waals surface area contributed by atoms with Gasteiger partial charge in [-0.05, 0) is 125 Å². The summed E-state index contributed by atoms with van der Waals surface area (Å²) in [6.45, 7) is 0. The molecule has 2 heteroatoms. The van der Waals surface area contributed by atoms with Crippen LogP contribution in [0.3, 0.4) is 0 Å². The molecule has 0 saturated carbocycles. The summed E-state index contributed by atoms with van der Waals surface area (Å²) in [7, 11) is 0. The summed E-state index contributed by atoms with van der Waals surface area (Å²) in [4.78, 5) is 7.57. The Kier molecular flexibility index (Phi) is 8.52. The fourth-order valence-corrected chi connectivity index (χ4v) is 8.90. The Morgan fingerprint density at radius 3 is 1.53 bits per heavy atom. The van der Waals surface area contributed by atoms with E-state index in [1.165, 1.54) is 76.8 Å². The van der Waals surface area contributed by atoms with E-state index in [4.69, 9.17) is 4.98 Å². The maximum atomic E-state index is 5.27. The number of hydrogen-bond acceptors (Lipinski definition) is 2. The van der Waals surface area contributed by atoms with Gasteiger partial charge in [-0.3, -0.25) is 4.90 Å². The second-order valence-corrected chi connectivity index (χ2v) is 15.1. The number of aromatic nitrogens is 1.